The lowest BCUT2D eigenvalue weighted by Crippen LogP contribution is -2.00. The van der Waals surface area contributed by atoms with Crippen molar-refractivity contribution in [3.63, 3.8) is 0 Å². The molecule has 2 aromatic heterocycles. The topological polar surface area (TPSA) is 112 Å². The van der Waals surface area contributed by atoms with Crippen LogP contribution in [0.4, 0.5) is 5.69 Å². The Morgan fingerprint density at radius 3 is 2.83 bits per heavy atom. The summed E-state index contributed by atoms with van der Waals surface area (Å²) in [5.41, 5.74) is 4.17. The standard InChI is InChI=1S/C22H19N7O/c1-30-20-8-4-6-16-10-12-18(25-21(16)20)11-9-15-5-2-3-7-19(15)24-14-17(13-23)22-26-28-29-27-22/h2-8,10,12,14,24H,9,11H2,1H3,(H,26,27,28,29). The third-order valence-corrected chi connectivity index (χ3v) is 4.71. The normalized spacial score (nSPS) is 11.3. The first-order chi connectivity index (χ1) is 14.8. The highest BCUT2D eigenvalue weighted by Gasteiger charge is 2.08. The predicted molar refractivity (Wildman–Crippen MR) is 114 cm³/mol. The summed E-state index contributed by atoms with van der Waals surface area (Å²) in [6, 6.07) is 20.0. The van der Waals surface area contributed by atoms with Crippen LogP contribution in [0.1, 0.15) is 17.1 Å². The Morgan fingerprint density at radius 1 is 1.13 bits per heavy atom. The number of hydrogen-bond acceptors (Lipinski definition) is 7. The second kappa shape index (κ2) is 8.84. The van der Waals surface area contributed by atoms with Gasteiger partial charge >= 0.3 is 0 Å². The Labute approximate surface area is 173 Å². The van der Waals surface area contributed by atoms with E-state index in [4.69, 9.17) is 9.72 Å². The summed E-state index contributed by atoms with van der Waals surface area (Å²) in [4.78, 5) is 4.78. The minimum Gasteiger partial charge on any atom is -0.494 e. The Balaban J connectivity index is 1.52. The largest absolute Gasteiger partial charge is 0.494 e. The summed E-state index contributed by atoms with van der Waals surface area (Å²) >= 11 is 0. The van der Waals surface area contributed by atoms with E-state index in [9.17, 15) is 5.26 Å². The fraction of sp³-hybridized carbons (Fsp3) is 0.136. The van der Waals surface area contributed by atoms with E-state index < -0.39 is 0 Å². The number of pyridine rings is 1. The summed E-state index contributed by atoms with van der Waals surface area (Å²) in [5, 5.41) is 27.1. The maximum atomic E-state index is 9.33. The average Bonchev–Trinajstić information content (AvgIpc) is 3.33. The number of benzene rings is 2. The molecule has 0 bridgehead atoms. The van der Waals surface area contributed by atoms with Crippen molar-refractivity contribution in [3.8, 4) is 11.8 Å². The molecule has 0 amide bonds. The number of para-hydroxylation sites is 2. The molecule has 0 saturated heterocycles. The molecule has 2 aromatic carbocycles. The highest BCUT2D eigenvalue weighted by atomic mass is 16.5. The van der Waals surface area contributed by atoms with Gasteiger partial charge in [0.1, 0.15) is 22.9 Å². The van der Waals surface area contributed by atoms with Gasteiger partial charge in [0.15, 0.2) is 0 Å². The van der Waals surface area contributed by atoms with Crippen LogP contribution in [-0.4, -0.2) is 32.7 Å². The third kappa shape index (κ3) is 4.10. The number of tetrazole rings is 1. The van der Waals surface area contributed by atoms with Gasteiger partial charge in [-0.3, -0.25) is 0 Å². The fourth-order valence-electron chi connectivity index (χ4n) is 3.18. The molecular weight excluding hydrogens is 378 g/mol. The number of rotatable bonds is 7. The lowest BCUT2D eigenvalue weighted by atomic mass is 10.0. The lowest BCUT2D eigenvalue weighted by Gasteiger charge is -2.10. The van der Waals surface area contributed by atoms with Gasteiger partial charge in [0.25, 0.3) is 0 Å². The number of aromatic nitrogens is 5. The average molecular weight is 397 g/mol. The highest BCUT2D eigenvalue weighted by Crippen LogP contribution is 2.24. The number of aryl methyl sites for hydroxylation is 2. The summed E-state index contributed by atoms with van der Waals surface area (Å²) in [6.07, 6.45) is 3.14. The molecule has 2 N–H and O–H groups in total. The van der Waals surface area contributed by atoms with Gasteiger partial charge in [-0.15, -0.1) is 10.2 Å². The van der Waals surface area contributed by atoms with Crippen molar-refractivity contribution in [2.24, 2.45) is 0 Å². The molecule has 2 heterocycles. The smallest absolute Gasteiger partial charge is 0.216 e. The van der Waals surface area contributed by atoms with Crippen molar-refractivity contribution >= 4 is 22.2 Å². The molecule has 4 aromatic rings. The molecule has 0 atom stereocenters. The van der Waals surface area contributed by atoms with E-state index in [0.29, 0.717) is 5.57 Å². The summed E-state index contributed by atoms with van der Waals surface area (Å²) in [5.74, 6) is 1.02. The molecule has 30 heavy (non-hydrogen) atoms. The van der Waals surface area contributed by atoms with Crippen molar-refractivity contribution < 1.29 is 4.74 Å². The van der Waals surface area contributed by atoms with Crippen LogP contribution in [0, 0.1) is 11.3 Å². The number of H-pyrrole nitrogens is 1. The fourth-order valence-corrected chi connectivity index (χ4v) is 3.18. The Bertz CT molecular complexity index is 1230. The van der Waals surface area contributed by atoms with Crippen LogP contribution in [0.25, 0.3) is 16.5 Å². The van der Waals surface area contributed by atoms with E-state index >= 15 is 0 Å². The molecule has 0 radical (unpaired) electrons. The van der Waals surface area contributed by atoms with E-state index in [2.05, 4.69) is 44.1 Å². The molecule has 0 aliphatic carbocycles. The van der Waals surface area contributed by atoms with E-state index in [0.717, 1.165) is 46.4 Å². The number of fused-ring (bicyclic) bond motifs is 1. The second-order valence-corrected chi connectivity index (χ2v) is 6.54. The summed E-state index contributed by atoms with van der Waals surface area (Å²) in [6.45, 7) is 0. The zero-order chi connectivity index (χ0) is 20.8. The third-order valence-electron chi connectivity index (χ3n) is 4.71. The van der Waals surface area contributed by atoms with Crippen LogP contribution in [0.3, 0.4) is 0 Å². The molecule has 0 aliphatic heterocycles. The number of aromatic amines is 1. The van der Waals surface area contributed by atoms with Gasteiger partial charge in [-0.05, 0) is 41.8 Å². The molecule has 0 saturated carbocycles. The quantitative estimate of drug-likeness (QED) is 0.459. The minimum absolute atomic E-state index is 0.247. The van der Waals surface area contributed by atoms with Gasteiger partial charge in [-0.2, -0.15) is 10.5 Å². The summed E-state index contributed by atoms with van der Waals surface area (Å²) < 4.78 is 5.44. The van der Waals surface area contributed by atoms with Gasteiger partial charge in [0.05, 0.1) is 7.11 Å². The van der Waals surface area contributed by atoms with Crippen LogP contribution < -0.4 is 10.1 Å². The highest BCUT2D eigenvalue weighted by molar-refractivity contribution is 5.84. The maximum absolute atomic E-state index is 9.33. The van der Waals surface area contributed by atoms with Gasteiger partial charge in [0, 0.05) is 23.0 Å². The number of nitriles is 1. The Hall–Kier alpha value is -4.25. The van der Waals surface area contributed by atoms with E-state index in [1.54, 1.807) is 13.3 Å². The molecule has 8 nitrogen and oxygen atoms in total. The van der Waals surface area contributed by atoms with Crippen molar-refractivity contribution in [3.05, 3.63) is 77.9 Å². The number of anilines is 1. The Morgan fingerprint density at radius 2 is 2.03 bits per heavy atom. The first kappa shape index (κ1) is 19.1. The molecule has 0 unspecified atom stereocenters. The van der Waals surface area contributed by atoms with E-state index in [-0.39, 0.29) is 5.82 Å². The predicted octanol–water partition coefficient (Wildman–Crippen LogP) is 3.52. The molecular formula is C22H19N7O. The van der Waals surface area contributed by atoms with E-state index in [1.807, 2.05) is 42.5 Å². The van der Waals surface area contributed by atoms with Gasteiger partial charge in [-0.25, -0.2) is 4.98 Å². The number of nitrogens with one attached hydrogen (secondary N) is 2. The number of nitrogens with zero attached hydrogens (tertiary/aromatic N) is 5. The number of hydrogen-bond donors (Lipinski definition) is 2. The van der Waals surface area contributed by atoms with Crippen LogP contribution >= 0.6 is 0 Å². The Kier molecular flexibility index (Phi) is 5.62. The number of ether oxygens (including phenoxy) is 1. The van der Waals surface area contributed by atoms with Crippen LogP contribution in [-0.2, 0) is 12.8 Å². The second-order valence-electron chi connectivity index (χ2n) is 6.54. The van der Waals surface area contributed by atoms with Crippen molar-refractivity contribution in [2.75, 3.05) is 12.4 Å². The van der Waals surface area contributed by atoms with Crippen LogP contribution in [0.5, 0.6) is 5.75 Å². The van der Waals surface area contributed by atoms with Crippen molar-refractivity contribution in [1.82, 2.24) is 25.6 Å². The van der Waals surface area contributed by atoms with Crippen LogP contribution in [0.2, 0.25) is 0 Å². The zero-order valence-corrected chi connectivity index (χ0v) is 16.3. The first-order valence-corrected chi connectivity index (χ1v) is 9.39. The van der Waals surface area contributed by atoms with Gasteiger partial charge in [0.2, 0.25) is 5.82 Å². The number of allylic oxidation sites excluding steroid dienone is 1. The monoisotopic (exact) mass is 397 g/mol. The zero-order valence-electron chi connectivity index (χ0n) is 16.3. The van der Waals surface area contributed by atoms with Crippen LogP contribution in [0.15, 0.2) is 60.8 Å². The van der Waals surface area contributed by atoms with Gasteiger partial charge < -0.3 is 10.1 Å². The number of methoxy groups -OCH3 is 1. The SMILES string of the molecule is COc1cccc2ccc(CCc3ccccc3NC=C(C#N)c3nn[nH]n3)nc12. The molecule has 4 rings (SSSR count). The minimum atomic E-state index is 0.247. The first-order valence-electron chi connectivity index (χ1n) is 9.39. The van der Waals surface area contributed by atoms with Crippen molar-refractivity contribution in [2.45, 2.75) is 12.8 Å². The molecule has 0 spiro atoms. The summed E-state index contributed by atoms with van der Waals surface area (Å²) in [7, 11) is 1.66. The molecule has 148 valence electrons. The molecule has 0 aliphatic rings. The lowest BCUT2D eigenvalue weighted by molar-refractivity contribution is 0.419. The van der Waals surface area contributed by atoms with Crippen molar-refractivity contribution in [1.29, 1.82) is 5.26 Å². The van der Waals surface area contributed by atoms with E-state index in [1.165, 1.54) is 0 Å². The molecule has 8 heteroatoms. The maximum Gasteiger partial charge on any atom is 0.216 e. The van der Waals surface area contributed by atoms with Gasteiger partial charge in [-0.1, -0.05) is 36.4 Å². The molecule has 0 fully saturated rings.